The third-order valence-corrected chi connectivity index (χ3v) is 5.82. The van der Waals surface area contributed by atoms with E-state index < -0.39 is 28.1 Å². The van der Waals surface area contributed by atoms with Gasteiger partial charge in [0.1, 0.15) is 11.3 Å². The second kappa shape index (κ2) is 9.06. The van der Waals surface area contributed by atoms with Gasteiger partial charge in [0.05, 0.1) is 21.1 Å². The summed E-state index contributed by atoms with van der Waals surface area (Å²) in [6.07, 6.45) is 0. The largest absolute Gasteiger partial charge is 0.506 e. The number of aromatic hydroxyl groups is 1. The van der Waals surface area contributed by atoms with Gasteiger partial charge in [-0.3, -0.25) is 14.9 Å². The third kappa shape index (κ3) is 4.78. The number of nitrogens with zero attached hydrogens (tertiary/aromatic N) is 2. The summed E-state index contributed by atoms with van der Waals surface area (Å²) >= 11 is 4.67. The van der Waals surface area contributed by atoms with Crippen molar-refractivity contribution >= 4 is 50.5 Å². The molecule has 3 rings (SSSR count). The molecule has 2 aromatic carbocycles. The highest BCUT2D eigenvalue weighted by Crippen LogP contribution is 2.39. The van der Waals surface area contributed by atoms with Crippen molar-refractivity contribution in [3.63, 3.8) is 0 Å². The Kier molecular flexibility index (Phi) is 6.47. The first-order valence-corrected chi connectivity index (χ1v) is 10.3. The van der Waals surface area contributed by atoms with Crippen LogP contribution >= 0.6 is 27.3 Å². The van der Waals surface area contributed by atoms with E-state index in [1.165, 1.54) is 11.3 Å². The van der Waals surface area contributed by atoms with E-state index in [4.69, 9.17) is 5.11 Å². The van der Waals surface area contributed by atoms with Crippen molar-refractivity contribution in [2.24, 2.45) is 5.10 Å². The van der Waals surface area contributed by atoms with Crippen LogP contribution < -0.4 is 5.43 Å². The van der Waals surface area contributed by atoms with E-state index in [1.54, 1.807) is 12.3 Å². The number of carboxylic acids is 1. The van der Waals surface area contributed by atoms with Crippen molar-refractivity contribution in [1.82, 2.24) is 5.43 Å². The van der Waals surface area contributed by atoms with Crippen molar-refractivity contribution in [2.75, 3.05) is 0 Å². The minimum atomic E-state index is -1.47. The van der Waals surface area contributed by atoms with Crippen LogP contribution in [0.1, 0.15) is 33.2 Å². The maximum atomic E-state index is 12.3. The number of carboxylic acid groups (broad SMARTS) is 1. The van der Waals surface area contributed by atoms with Crippen LogP contribution in [0, 0.1) is 10.1 Å². The van der Waals surface area contributed by atoms with E-state index in [0.29, 0.717) is 16.2 Å². The molecule has 0 spiro atoms. The topological polar surface area (TPSA) is 142 Å². The summed E-state index contributed by atoms with van der Waals surface area (Å²) in [5.41, 5.74) is 2.48. The average molecular weight is 504 g/mol. The zero-order valence-corrected chi connectivity index (χ0v) is 18.2. The van der Waals surface area contributed by atoms with Crippen molar-refractivity contribution in [3.8, 4) is 16.2 Å². The van der Waals surface area contributed by atoms with Crippen molar-refractivity contribution in [3.05, 3.63) is 79.1 Å². The molecule has 0 aliphatic rings. The van der Waals surface area contributed by atoms with Gasteiger partial charge in [0.2, 0.25) is 0 Å². The normalized spacial score (nSPS) is 11.2. The molecule has 3 aromatic rings. The molecule has 1 heterocycles. The molecule has 0 saturated heterocycles. The van der Waals surface area contributed by atoms with E-state index in [9.17, 15) is 24.8 Å². The number of hydrazone groups is 1. The quantitative estimate of drug-likeness (QED) is 0.254. The Bertz CT molecular complexity index is 1220. The van der Waals surface area contributed by atoms with E-state index >= 15 is 0 Å². The SMILES string of the molecule is C/C(=N\NC(=O)c1ccc(C(=O)O)c([N+](=O)[O-])c1)c1csc(-c2ccc(Br)cc2)c1O. The van der Waals surface area contributed by atoms with Gasteiger partial charge in [-0.1, -0.05) is 28.1 Å². The van der Waals surface area contributed by atoms with Crippen LogP contribution in [0.5, 0.6) is 5.75 Å². The number of halogens is 1. The van der Waals surface area contributed by atoms with Crippen LogP contribution in [-0.2, 0) is 0 Å². The van der Waals surface area contributed by atoms with Crippen LogP contribution in [-0.4, -0.2) is 32.7 Å². The van der Waals surface area contributed by atoms with Crippen LogP contribution in [0.2, 0.25) is 0 Å². The summed E-state index contributed by atoms with van der Waals surface area (Å²) in [5, 5.41) is 36.3. The number of carbonyl (C=O) groups excluding carboxylic acids is 1. The monoisotopic (exact) mass is 503 g/mol. The fourth-order valence-corrected chi connectivity index (χ4v) is 3.95. The molecule has 158 valence electrons. The fourth-order valence-electron chi connectivity index (χ4n) is 2.68. The van der Waals surface area contributed by atoms with Crippen molar-refractivity contribution in [2.45, 2.75) is 6.92 Å². The lowest BCUT2D eigenvalue weighted by atomic mass is 10.1. The van der Waals surface area contributed by atoms with Crippen molar-refractivity contribution < 1.29 is 24.7 Å². The fraction of sp³-hybridized carbons (Fsp3) is 0.0500. The van der Waals surface area contributed by atoms with Gasteiger partial charge in [0.15, 0.2) is 0 Å². The van der Waals surface area contributed by atoms with E-state index in [1.807, 2.05) is 24.3 Å². The second-order valence-electron chi connectivity index (χ2n) is 6.27. The molecule has 1 amide bonds. The first-order valence-electron chi connectivity index (χ1n) is 8.62. The van der Waals surface area contributed by atoms with Gasteiger partial charge in [0, 0.05) is 21.5 Å². The summed E-state index contributed by atoms with van der Waals surface area (Å²) in [6.45, 7) is 1.59. The Morgan fingerprint density at radius 1 is 1.16 bits per heavy atom. The highest BCUT2D eigenvalue weighted by molar-refractivity contribution is 9.10. The van der Waals surface area contributed by atoms with Gasteiger partial charge in [-0.05, 0) is 36.8 Å². The molecular weight excluding hydrogens is 490 g/mol. The molecule has 0 aliphatic carbocycles. The Labute approximate surface area is 187 Å². The highest BCUT2D eigenvalue weighted by Gasteiger charge is 2.22. The lowest BCUT2D eigenvalue weighted by molar-refractivity contribution is -0.385. The van der Waals surface area contributed by atoms with E-state index in [0.717, 1.165) is 28.2 Å². The second-order valence-corrected chi connectivity index (χ2v) is 8.06. The van der Waals surface area contributed by atoms with Gasteiger partial charge >= 0.3 is 5.97 Å². The molecule has 0 unspecified atom stereocenters. The molecule has 9 nitrogen and oxygen atoms in total. The van der Waals surface area contributed by atoms with Gasteiger partial charge in [-0.15, -0.1) is 11.3 Å². The van der Waals surface area contributed by atoms with Crippen LogP contribution in [0.25, 0.3) is 10.4 Å². The minimum absolute atomic E-state index is 0.0178. The number of benzene rings is 2. The summed E-state index contributed by atoms with van der Waals surface area (Å²) in [7, 11) is 0. The molecule has 3 N–H and O–H groups in total. The van der Waals surface area contributed by atoms with Gasteiger partial charge in [0.25, 0.3) is 11.6 Å². The molecule has 0 aliphatic heterocycles. The lowest BCUT2D eigenvalue weighted by Crippen LogP contribution is -2.19. The zero-order valence-electron chi connectivity index (χ0n) is 15.8. The Morgan fingerprint density at radius 2 is 1.84 bits per heavy atom. The van der Waals surface area contributed by atoms with Crippen molar-refractivity contribution in [1.29, 1.82) is 0 Å². The van der Waals surface area contributed by atoms with Gasteiger partial charge in [-0.2, -0.15) is 5.10 Å². The highest BCUT2D eigenvalue weighted by atomic mass is 79.9. The molecule has 0 radical (unpaired) electrons. The molecular formula is C20H14BrN3O6S. The maximum Gasteiger partial charge on any atom is 0.342 e. The minimum Gasteiger partial charge on any atom is -0.506 e. The lowest BCUT2D eigenvalue weighted by Gasteiger charge is -2.05. The predicted octanol–water partition coefficient (Wildman–Crippen LogP) is 4.64. The number of hydrogen-bond acceptors (Lipinski definition) is 7. The zero-order chi connectivity index (χ0) is 22.7. The van der Waals surface area contributed by atoms with Crippen LogP contribution in [0.3, 0.4) is 0 Å². The smallest absolute Gasteiger partial charge is 0.342 e. The van der Waals surface area contributed by atoms with E-state index in [-0.39, 0.29) is 11.3 Å². The molecule has 1 aromatic heterocycles. The van der Waals surface area contributed by atoms with E-state index in [2.05, 4.69) is 26.5 Å². The first kappa shape index (κ1) is 22.1. The maximum absolute atomic E-state index is 12.3. The Balaban J connectivity index is 1.82. The summed E-state index contributed by atoms with van der Waals surface area (Å²) < 4.78 is 0.907. The standard InChI is InChI=1S/C20H14BrN3O6S/c1-10(15-9-31-18(17(15)25)11-2-5-13(21)6-3-11)22-23-19(26)12-4-7-14(20(27)28)16(8-12)24(29)30/h2-9,25H,1H3,(H,23,26)(H,27,28)/b22-10+. The number of thiophene rings is 1. The Hall–Kier alpha value is -3.57. The molecule has 31 heavy (non-hydrogen) atoms. The predicted molar refractivity (Wildman–Crippen MR) is 119 cm³/mol. The number of carbonyl (C=O) groups is 2. The molecule has 0 bridgehead atoms. The average Bonchev–Trinajstić information content (AvgIpc) is 3.13. The summed E-state index contributed by atoms with van der Waals surface area (Å²) in [5.74, 6) is -2.21. The number of amides is 1. The van der Waals surface area contributed by atoms with Gasteiger partial charge in [-0.25, -0.2) is 10.2 Å². The molecule has 11 heteroatoms. The van der Waals surface area contributed by atoms with Crippen LogP contribution in [0.4, 0.5) is 5.69 Å². The molecule has 0 fully saturated rings. The molecule has 0 saturated carbocycles. The number of nitro groups is 1. The van der Waals surface area contributed by atoms with Gasteiger partial charge < -0.3 is 10.2 Å². The number of hydrogen-bond donors (Lipinski definition) is 3. The first-order chi connectivity index (χ1) is 14.7. The van der Waals surface area contributed by atoms with Crippen LogP contribution in [0.15, 0.2) is 57.4 Å². The third-order valence-electron chi connectivity index (χ3n) is 4.27. The molecule has 0 atom stereocenters. The number of nitrogens with one attached hydrogen (secondary N) is 1. The summed E-state index contributed by atoms with van der Waals surface area (Å²) in [4.78, 5) is 34.3. The number of aromatic carboxylic acids is 1. The number of rotatable bonds is 6. The Morgan fingerprint density at radius 3 is 2.45 bits per heavy atom. The summed E-state index contributed by atoms with van der Waals surface area (Å²) in [6, 6.07) is 10.4. The number of nitro benzene ring substituents is 1.